The summed E-state index contributed by atoms with van der Waals surface area (Å²) in [6.07, 6.45) is 0. The summed E-state index contributed by atoms with van der Waals surface area (Å²) in [5, 5.41) is 0. The molecule has 2 rings (SSSR count). The average Bonchev–Trinajstić information content (AvgIpc) is 2.48. The number of halogens is 2. The van der Waals surface area contributed by atoms with Gasteiger partial charge >= 0.3 is 0 Å². The number of rotatable bonds is 4. The standard InChI is InChI=1S/C15H22BrN3OS.HI/c1-15(2,21-13-5-3-12(16)4-6-13)11-18-14(17)19-7-9-20-10-8-19;/h3-6H,7-11H2,1-2H3,(H2,17,18);1H. The molecule has 4 nitrogen and oxygen atoms in total. The van der Waals surface area contributed by atoms with E-state index < -0.39 is 0 Å². The summed E-state index contributed by atoms with van der Waals surface area (Å²) in [7, 11) is 0. The van der Waals surface area contributed by atoms with Gasteiger partial charge in [-0.05, 0) is 38.1 Å². The van der Waals surface area contributed by atoms with Gasteiger partial charge in [0.05, 0.1) is 19.8 Å². The molecule has 1 aromatic carbocycles. The van der Waals surface area contributed by atoms with Gasteiger partial charge in [0.15, 0.2) is 5.96 Å². The van der Waals surface area contributed by atoms with E-state index in [1.807, 2.05) is 11.8 Å². The number of hydrogen-bond acceptors (Lipinski definition) is 3. The van der Waals surface area contributed by atoms with E-state index >= 15 is 0 Å². The minimum absolute atomic E-state index is 0. The number of thioether (sulfide) groups is 1. The van der Waals surface area contributed by atoms with Crippen LogP contribution in [0.4, 0.5) is 0 Å². The van der Waals surface area contributed by atoms with Crippen molar-refractivity contribution in [3.63, 3.8) is 0 Å². The van der Waals surface area contributed by atoms with Crippen LogP contribution in [-0.4, -0.2) is 48.5 Å². The van der Waals surface area contributed by atoms with Crippen LogP contribution in [0, 0.1) is 0 Å². The number of ether oxygens (including phenoxy) is 1. The quantitative estimate of drug-likeness (QED) is 0.297. The summed E-state index contributed by atoms with van der Waals surface area (Å²) in [6, 6.07) is 8.35. The second-order valence-corrected chi connectivity index (χ2v) is 8.29. The lowest BCUT2D eigenvalue weighted by Crippen LogP contribution is -2.45. The van der Waals surface area contributed by atoms with Crippen molar-refractivity contribution >= 4 is 57.6 Å². The highest BCUT2D eigenvalue weighted by Gasteiger charge is 2.20. The van der Waals surface area contributed by atoms with Crippen molar-refractivity contribution in [2.45, 2.75) is 23.5 Å². The molecule has 1 saturated heterocycles. The Hall–Kier alpha value is 0.01000. The Bertz CT molecular complexity index is 490. The number of aliphatic imine (C=N–C) groups is 1. The molecular weight excluding hydrogens is 477 g/mol. The Balaban J connectivity index is 0.00000242. The molecule has 7 heteroatoms. The van der Waals surface area contributed by atoms with Crippen LogP contribution in [0.2, 0.25) is 0 Å². The van der Waals surface area contributed by atoms with Crippen molar-refractivity contribution in [1.82, 2.24) is 4.90 Å². The maximum atomic E-state index is 6.07. The second-order valence-electron chi connectivity index (χ2n) is 5.59. The molecule has 0 amide bonds. The maximum absolute atomic E-state index is 6.07. The molecule has 0 saturated carbocycles. The molecule has 1 aliphatic rings. The zero-order valence-corrected chi connectivity index (χ0v) is 17.7. The number of hydrogen-bond donors (Lipinski definition) is 1. The fraction of sp³-hybridized carbons (Fsp3) is 0.533. The molecule has 0 aromatic heterocycles. The van der Waals surface area contributed by atoms with Gasteiger partial charge in [0.1, 0.15) is 0 Å². The zero-order valence-electron chi connectivity index (χ0n) is 12.9. The van der Waals surface area contributed by atoms with Crippen molar-refractivity contribution in [2.24, 2.45) is 10.7 Å². The van der Waals surface area contributed by atoms with Crippen LogP contribution < -0.4 is 5.73 Å². The number of nitrogens with zero attached hydrogens (tertiary/aromatic N) is 2. The lowest BCUT2D eigenvalue weighted by molar-refractivity contribution is 0.0674. The Morgan fingerprint density at radius 3 is 2.50 bits per heavy atom. The van der Waals surface area contributed by atoms with E-state index in [9.17, 15) is 0 Å². The summed E-state index contributed by atoms with van der Waals surface area (Å²) in [6.45, 7) is 8.19. The average molecular weight is 500 g/mol. The van der Waals surface area contributed by atoms with Gasteiger partial charge < -0.3 is 15.4 Å². The zero-order chi connectivity index (χ0) is 15.3. The third-order valence-electron chi connectivity index (χ3n) is 3.16. The van der Waals surface area contributed by atoms with Gasteiger partial charge in [-0.15, -0.1) is 35.7 Å². The summed E-state index contributed by atoms with van der Waals surface area (Å²) in [4.78, 5) is 7.89. The number of guanidine groups is 1. The maximum Gasteiger partial charge on any atom is 0.191 e. The van der Waals surface area contributed by atoms with E-state index in [0.717, 1.165) is 30.8 Å². The molecule has 0 unspecified atom stereocenters. The van der Waals surface area contributed by atoms with Gasteiger partial charge in [-0.2, -0.15) is 0 Å². The molecule has 1 aliphatic heterocycles. The SMILES string of the molecule is CC(C)(CN=C(N)N1CCOCC1)Sc1ccc(Br)cc1.I. The predicted molar refractivity (Wildman–Crippen MR) is 108 cm³/mol. The van der Waals surface area contributed by atoms with Crippen molar-refractivity contribution in [2.75, 3.05) is 32.8 Å². The van der Waals surface area contributed by atoms with E-state index in [0.29, 0.717) is 12.5 Å². The Labute approximate surface area is 162 Å². The number of nitrogens with two attached hydrogens (primary N) is 1. The van der Waals surface area contributed by atoms with E-state index in [1.165, 1.54) is 4.90 Å². The largest absolute Gasteiger partial charge is 0.378 e. The summed E-state index contributed by atoms with van der Waals surface area (Å²) in [5.74, 6) is 0.628. The van der Waals surface area contributed by atoms with Gasteiger partial charge in [0, 0.05) is 27.2 Å². The highest BCUT2D eigenvalue weighted by molar-refractivity contribution is 14.0. The van der Waals surface area contributed by atoms with E-state index in [1.54, 1.807) is 0 Å². The smallest absolute Gasteiger partial charge is 0.191 e. The highest BCUT2D eigenvalue weighted by atomic mass is 127. The Morgan fingerprint density at radius 2 is 1.91 bits per heavy atom. The molecule has 0 atom stereocenters. The fourth-order valence-electron chi connectivity index (χ4n) is 2.02. The lowest BCUT2D eigenvalue weighted by Gasteiger charge is -2.29. The lowest BCUT2D eigenvalue weighted by atomic mass is 10.2. The van der Waals surface area contributed by atoms with E-state index in [4.69, 9.17) is 10.5 Å². The van der Waals surface area contributed by atoms with Gasteiger partial charge in [-0.25, -0.2) is 0 Å². The van der Waals surface area contributed by atoms with Gasteiger partial charge in [-0.3, -0.25) is 4.99 Å². The van der Waals surface area contributed by atoms with Crippen LogP contribution in [0.5, 0.6) is 0 Å². The van der Waals surface area contributed by atoms with Crippen LogP contribution in [0.1, 0.15) is 13.8 Å². The molecule has 1 fully saturated rings. The van der Waals surface area contributed by atoms with Crippen molar-refractivity contribution < 1.29 is 4.74 Å². The van der Waals surface area contributed by atoms with Crippen molar-refractivity contribution in [1.29, 1.82) is 0 Å². The molecule has 1 aromatic rings. The molecule has 22 heavy (non-hydrogen) atoms. The normalized spacial score (nSPS) is 16.3. The third kappa shape index (κ3) is 6.64. The first-order chi connectivity index (χ1) is 9.96. The first kappa shape index (κ1) is 20.1. The molecule has 0 aliphatic carbocycles. The van der Waals surface area contributed by atoms with Gasteiger partial charge in [0.25, 0.3) is 0 Å². The van der Waals surface area contributed by atoms with E-state index in [-0.39, 0.29) is 28.7 Å². The summed E-state index contributed by atoms with van der Waals surface area (Å²) >= 11 is 5.27. The van der Waals surface area contributed by atoms with Gasteiger partial charge in [-0.1, -0.05) is 15.9 Å². The molecule has 124 valence electrons. The van der Waals surface area contributed by atoms with Crippen molar-refractivity contribution in [3.8, 4) is 0 Å². The molecule has 1 heterocycles. The topological polar surface area (TPSA) is 50.8 Å². The minimum Gasteiger partial charge on any atom is -0.378 e. The van der Waals surface area contributed by atoms with Gasteiger partial charge in [0.2, 0.25) is 0 Å². The first-order valence-corrected chi connectivity index (χ1v) is 8.64. The van der Waals surface area contributed by atoms with Crippen LogP contribution in [0.15, 0.2) is 38.6 Å². The molecule has 0 radical (unpaired) electrons. The van der Waals surface area contributed by atoms with Crippen LogP contribution >= 0.6 is 51.7 Å². The van der Waals surface area contributed by atoms with Crippen LogP contribution in [0.25, 0.3) is 0 Å². The Morgan fingerprint density at radius 1 is 1.32 bits per heavy atom. The van der Waals surface area contributed by atoms with Crippen LogP contribution in [0.3, 0.4) is 0 Å². The second kappa shape index (κ2) is 9.34. The molecular formula is C15H23BrIN3OS. The monoisotopic (exact) mass is 499 g/mol. The highest BCUT2D eigenvalue weighted by Crippen LogP contribution is 2.33. The first-order valence-electron chi connectivity index (χ1n) is 7.03. The third-order valence-corrected chi connectivity index (χ3v) is 4.88. The van der Waals surface area contributed by atoms with E-state index in [2.05, 4.69) is 63.9 Å². The molecule has 2 N–H and O–H groups in total. The Kier molecular flexibility index (Phi) is 8.52. The molecule has 0 bridgehead atoms. The minimum atomic E-state index is 0. The number of benzene rings is 1. The van der Waals surface area contributed by atoms with Crippen molar-refractivity contribution in [3.05, 3.63) is 28.7 Å². The fourth-order valence-corrected chi connectivity index (χ4v) is 3.32. The predicted octanol–water partition coefficient (Wildman–Crippen LogP) is 3.58. The summed E-state index contributed by atoms with van der Waals surface area (Å²) in [5.41, 5.74) is 6.07. The van der Waals surface area contributed by atoms with Crippen LogP contribution in [-0.2, 0) is 4.74 Å². The summed E-state index contributed by atoms with van der Waals surface area (Å²) < 4.78 is 6.42. The molecule has 0 spiro atoms. The number of morpholine rings is 1.